The molecule has 0 spiro atoms. The second kappa shape index (κ2) is 3.10. The van der Waals surface area contributed by atoms with Crippen LogP contribution in [0.25, 0.3) is 0 Å². The predicted molar refractivity (Wildman–Crippen MR) is 50.0 cm³/mol. The van der Waals surface area contributed by atoms with Crippen LogP contribution in [0.4, 0.5) is 0 Å². The van der Waals surface area contributed by atoms with Crippen molar-refractivity contribution in [1.82, 2.24) is 15.0 Å². The predicted octanol–water partition coefficient (Wildman–Crippen LogP) is 0.933. The summed E-state index contributed by atoms with van der Waals surface area (Å²) < 4.78 is 1.72. The Hall–Kier alpha value is -0.900. The van der Waals surface area contributed by atoms with E-state index in [-0.39, 0.29) is 5.54 Å². The molecule has 1 aromatic heterocycles. The average Bonchev–Trinajstić information content (AvgIpc) is 2.54. The maximum Gasteiger partial charge on any atom is 0.102 e. The second-order valence-corrected chi connectivity index (χ2v) is 3.99. The number of nitrogens with two attached hydrogens (primary N) is 1. The highest BCUT2D eigenvalue weighted by atomic mass is 15.4. The molecular weight excluding hydrogens is 164 g/mol. The van der Waals surface area contributed by atoms with Crippen LogP contribution in [-0.4, -0.2) is 15.0 Å². The molecule has 1 aliphatic carbocycles. The highest BCUT2D eigenvalue weighted by Crippen LogP contribution is 2.33. The van der Waals surface area contributed by atoms with Crippen LogP contribution in [0.3, 0.4) is 0 Å². The SMILES string of the molecule is Cn1cc(C2(N)CCCCC2)nn1. The molecule has 2 N–H and O–H groups in total. The summed E-state index contributed by atoms with van der Waals surface area (Å²) in [7, 11) is 1.88. The van der Waals surface area contributed by atoms with Crippen molar-refractivity contribution < 1.29 is 0 Å². The van der Waals surface area contributed by atoms with Crippen LogP contribution in [0, 0.1) is 0 Å². The van der Waals surface area contributed by atoms with Crippen molar-refractivity contribution in [3.8, 4) is 0 Å². The first-order valence-electron chi connectivity index (χ1n) is 4.86. The fourth-order valence-electron chi connectivity index (χ4n) is 2.01. The van der Waals surface area contributed by atoms with Crippen molar-refractivity contribution >= 4 is 0 Å². The number of nitrogens with zero attached hydrogens (tertiary/aromatic N) is 3. The van der Waals surface area contributed by atoms with Crippen LogP contribution in [0.15, 0.2) is 6.20 Å². The monoisotopic (exact) mass is 180 g/mol. The highest BCUT2D eigenvalue weighted by Gasteiger charge is 2.31. The van der Waals surface area contributed by atoms with Gasteiger partial charge in [0.15, 0.2) is 0 Å². The van der Waals surface area contributed by atoms with Crippen molar-refractivity contribution in [3.05, 3.63) is 11.9 Å². The summed E-state index contributed by atoms with van der Waals surface area (Å²) in [5.74, 6) is 0. The summed E-state index contributed by atoms with van der Waals surface area (Å²) in [5.41, 5.74) is 7.03. The van der Waals surface area contributed by atoms with Crippen molar-refractivity contribution in [1.29, 1.82) is 0 Å². The Morgan fingerprint density at radius 3 is 2.62 bits per heavy atom. The molecule has 1 aromatic rings. The Bertz CT molecular complexity index is 286. The van der Waals surface area contributed by atoms with Crippen molar-refractivity contribution in [3.63, 3.8) is 0 Å². The van der Waals surface area contributed by atoms with E-state index in [0.29, 0.717) is 0 Å². The van der Waals surface area contributed by atoms with Gasteiger partial charge in [-0.1, -0.05) is 24.5 Å². The van der Waals surface area contributed by atoms with Crippen LogP contribution in [0.2, 0.25) is 0 Å². The van der Waals surface area contributed by atoms with E-state index in [4.69, 9.17) is 5.73 Å². The zero-order valence-corrected chi connectivity index (χ0v) is 8.03. The Labute approximate surface area is 78.1 Å². The molecule has 0 amide bonds. The lowest BCUT2D eigenvalue weighted by Gasteiger charge is -2.31. The largest absolute Gasteiger partial charge is 0.320 e. The van der Waals surface area contributed by atoms with Gasteiger partial charge in [-0.2, -0.15) is 0 Å². The van der Waals surface area contributed by atoms with Crippen molar-refractivity contribution in [2.75, 3.05) is 0 Å². The normalized spacial score (nSPS) is 21.7. The topological polar surface area (TPSA) is 56.7 Å². The molecule has 0 radical (unpaired) electrons. The van der Waals surface area contributed by atoms with Gasteiger partial charge in [0.25, 0.3) is 0 Å². The number of hydrogen-bond donors (Lipinski definition) is 1. The zero-order chi connectivity index (χ0) is 9.31. The molecule has 2 rings (SSSR count). The third-order valence-electron chi connectivity index (χ3n) is 2.86. The summed E-state index contributed by atoms with van der Waals surface area (Å²) >= 11 is 0. The number of aromatic nitrogens is 3. The molecule has 0 aliphatic heterocycles. The van der Waals surface area contributed by atoms with Gasteiger partial charge in [0.05, 0.1) is 5.54 Å². The van der Waals surface area contributed by atoms with E-state index in [9.17, 15) is 0 Å². The maximum absolute atomic E-state index is 6.28. The summed E-state index contributed by atoms with van der Waals surface area (Å²) in [6.07, 6.45) is 7.77. The van der Waals surface area contributed by atoms with E-state index in [0.717, 1.165) is 18.5 Å². The van der Waals surface area contributed by atoms with Crippen molar-refractivity contribution in [2.24, 2.45) is 12.8 Å². The van der Waals surface area contributed by atoms with Gasteiger partial charge in [0.2, 0.25) is 0 Å². The van der Waals surface area contributed by atoms with Crippen LogP contribution < -0.4 is 5.73 Å². The molecular formula is C9H16N4. The van der Waals surface area contributed by atoms with E-state index >= 15 is 0 Å². The molecule has 1 fully saturated rings. The molecule has 1 heterocycles. The first kappa shape index (κ1) is 8.69. The lowest BCUT2D eigenvalue weighted by molar-refractivity contribution is 0.295. The molecule has 4 heteroatoms. The number of rotatable bonds is 1. The minimum absolute atomic E-state index is 0.202. The molecule has 4 nitrogen and oxygen atoms in total. The smallest absolute Gasteiger partial charge is 0.102 e. The Morgan fingerprint density at radius 2 is 2.08 bits per heavy atom. The van der Waals surface area contributed by atoms with Gasteiger partial charge in [-0.05, 0) is 12.8 Å². The van der Waals surface area contributed by atoms with E-state index in [2.05, 4.69) is 10.3 Å². The zero-order valence-electron chi connectivity index (χ0n) is 8.03. The third-order valence-corrected chi connectivity index (χ3v) is 2.86. The van der Waals surface area contributed by atoms with Crippen LogP contribution in [-0.2, 0) is 12.6 Å². The highest BCUT2D eigenvalue weighted by molar-refractivity contribution is 5.10. The standard InChI is InChI=1S/C9H16N4/c1-13-7-8(11-12-13)9(10)5-3-2-4-6-9/h7H,2-6,10H2,1H3. The first-order valence-corrected chi connectivity index (χ1v) is 4.86. The molecule has 0 saturated heterocycles. The fraction of sp³-hybridized carbons (Fsp3) is 0.778. The Morgan fingerprint density at radius 1 is 1.38 bits per heavy atom. The lowest BCUT2D eigenvalue weighted by atomic mass is 9.80. The van der Waals surface area contributed by atoms with Gasteiger partial charge in [-0.25, -0.2) is 0 Å². The third kappa shape index (κ3) is 1.58. The first-order chi connectivity index (χ1) is 6.21. The van der Waals surface area contributed by atoms with Gasteiger partial charge in [-0.3, -0.25) is 4.68 Å². The Kier molecular flexibility index (Phi) is 2.07. The minimum Gasteiger partial charge on any atom is -0.320 e. The summed E-state index contributed by atoms with van der Waals surface area (Å²) in [5, 5.41) is 8.02. The molecule has 0 atom stereocenters. The minimum atomic E-state index is -0.202. The lowest BCUT2D eigenvalue weighted by Crippen LogP contribution is -2.39. The molecule has 0 bridgehead atoms. The quantitative estimate of drug-likeness (QED) is 0.699. The fourth-order valence-corrected chi connectivity index (χ4v) is 2.01. The molecule has 0 unspecified atom stereocenters. The van der Waals surface area contributed by atoms with Gasteiger partial charge in [0.1, 0.15) is 5.69 Å². The summed E-state index contributed by atoms with van der Waals surface area (Å²) in [6.45, 7) is 0. The van der Waals surface area contributed by atoms with E-state index in [1.165, 1.54) is 19.3 Å². The van der Waals surface area contributed by atoms with Gasteiger partial charge in [-0.15, -0.1) is 5.10 Å². The van der Waals surface area contributed by atoms with Gasteiger partial charge >= 0.3 is 0 Å². The average molecular weight is 180 g/mol. The maximum atomic E-state index is 6.28. The molecule has 72 valence electrons. The second-order valence-electron chi connectivity index (χ2n) is 3.99. The van der Waals surface area contributed by atoms with Gasteiger partial charge < -0.3 is 5.73 Å². The number of aryl methyl sites for hydroxylation is 1. The van der Waals surface area contributed by atoms with Crippen molar-refractivity contribution in [2.45, 2.75) is 37.6 Å². The summed E-state index contributed by atoms with van der Waals surface area (Å²) in [4.78, 5) is 0. The number of hydrogen-bond acceptors (Lipinski definition) is 3. The van der Waals surface area contributed by atoms with Gasteiger partial charge in [0, 0.05) is 13.2 Å². The molecule has 0 aromatic carbocycles. The van der Waals surface area contributed by atoms with E-state index < -0.39 is 0 Å². The van der Waals surface area contributed by atoms with Crippen LogP contribution in [0.1, 0.15) is 37.8 Å². The Balaban J connectivity index is 2.22. The van der Waals surface area contributed by atoms with E-state index in [1.54, 1.807) is 4.68 Å². The van der Waals surface area contributed by atoms with Crippen LogP contribution in [0.5, 0.6) is 0 Å². The molecule has 13 heavy (non-hydrogen) atoms. The molecule has 1 saturated carbocycles. The van der Waals surface area contributed by atoms with E-state index in [1.807, 2.05) is 13.2 Å². The summed E-state index contributed by atoms with van der Waals surface area (Å²) in [6, 6.07) is 0. The van der Waals surface area contributed by atoms with Crippen LogP contribution >= 0.6 is 0 Å². The molecule has 1 aliphatic rings.